The molecule has 2 amide bonds. The zero-order valence-electron chi connectivity index (χ0n) is 22.8. The number of fused-ring (bicyclic) bond motifs is 1. The Morgan fingerprint density at radius 3 is 2.65 bits per heavy atom. The van der Waals surface area contributed by atoms with Crippen molar-refractivity contribution in [3.63, 3.8) is 0 Å². The number of amides is 2. The van der Waals surface area contributed by atoms with Gasteiger partial charge in [-0.25, -0.2) is 15.0 Å². The van der Waals surface area contributed by atoms with Crippen molar-refractivity contribution in [3.05, 3.63) is 82.9 Å². The van der Waals surface area contributed by atoms with Crippen LogP contribution in [0.5, 0.6) is 0 Å². The number of aromatic nitrogens is 4. The highest BCUT2D eigenvalue weighted by atomic mass is 32.2. The van der Waals surface area contributed by atoms with Crippen LogP contribution in [0.2, 0.25) is 0 Å². The first kappa shape index (κ1) is 28.7. The number of hydrogen-bond donors (Lipinski definition) is 2. The number of pyridine rings is 2. The number of carbonyl (C=O) groups excluding carboxylic acids is 2. The molecule has 220 valence electrons. The van der Waals surface area contributed by atoms with Crippen molar-refractivity contribution in [2.45, 2.75) is 25.6 Å². The predicted molar refractivity (Wildman–Crippen MR) is 158 cm³/mol. The molecule has 0 spiro atoms. The lowest BCUT2D eigenvalue weighted by molar-refractivity contribution is -0.141. The number of carbonyl (C=O) groups is 2. The van der Waals surface area contributed by atoms with Crippen molar-refractivity contribution >= 4 is 45.7 Å². The number of alkyl halides is 3. The Labute approximate surface area is 249 Å². The summed E-state index contributed by atoms with van der Waals surface area (Å²) in [6, 6.07) is 11.9. The second kappa shape index (κ2) is 12.1. The third-order valence-electron chi connectivity index (χ3n) is 7.36. The van der Waals surface area contributed by atoms with Crippen molar-refractivity contribution in [1.82, 2.24) is 30.6 Å². The van der Waals surface area contributed by atoms with Crippen LogP contribution in [0.3, 0.4) is 0 Å². The molecule has 0 radical (unpaired) electrons. The fourth-order valence-corrected chi connectivity index (χ4v) is 5.87. The molecule has 13 heteroatoms. The third-order valence-corrected chi connectivity index (χ3v) is 8.18. The van der Waals surface area contributed by atoms with E-state index in [2.05, 4.69) is 35.5 Å². The van der Waals surface area contributed by atoms with Gasteiger partial charge in [-0.2, -0.15) is 13.2 Å². The molecule has 5 heterocycles. The number of halogens is 3. The van der Waals surface area contributed by atoms with Crippen molar-refractivity contribution in [1.29, 1.82) is 0 Å². The fourth-order valence-electron chi connectivity index (χ4n) is 5.20. The Hall–Kier alpha value is -4.36. The summed E-state index contributed by atoms with van der Waals surface area (Å²) in [5.41, 5.74) is 0.896. The lowest BCUT2D eigenvalue weighted by atomic mass is 9.97. The Kier molecular flexibility index (Phi) is 8.08. The minimum atomic E-state index is -4.58. The molecule has 43 heavy (non-hydrogen) atoms. The summed E-state index contributed by atoms with van der Waals surface area (Å²) in [6.07, 6.45) is 3.55. The first-order valence-electron chi connectivity index (χ1n) is 13.7. The maximum absolute atomic E-state index is 13.8. The van der Waals surface area contributed by atoms with Gasteiger partial charge in [0.05, 0.1) is 16.3 Å². The second-order valence-electron chi connectivity index (χ2n) is 10.3. The van der Waals surface area contributed by atoms with Crippen LogP contribution >= 0.6 is 11.8 Å². The zero-order valence-corrected chi connectivity index (χ0v) is 23.6. The summed E-state index contributed by atoms with van der Waals surface area (Å²) in [5.74, 6) is 0.436. The Morgan fingerprint density at radius 2 is 1.88 bits per heavy atom. The van der Waals surface area contributed by atoms with Gasteiger partial charge in [0.1, 0.15) is 5.69 Å². The summed E-state index contributed by atoms with van der Waals surface area (Å²) in [4.78, 5) is 42.7. The molecule has 0 saturated carbocycles. The number of hydrogen-bond acceptors (Lipinski definition) is 9. The predicted octanol–water partition coefficient (Wildman–Crippen LogP) is 5.44. The van der Waals surface area contributed by atoms with Gasteiger partial charge in [0, 0.05) is 49.2 Å². The van der Waals surface area contributed by atoms with Gasteiger partial charge in [0.2, 0.25) is 5.95 Å². The van der Waals surface area contributed by atoms with Crippen molar-refractivity contribution in [2.24, 2.45) is 5.92 Å². The average molecular weight is 606 g/mol. The van der Waals surface area contributed by atoms with Gasteiger partial charge in [-0.1, -0.05) is 24.3 Å². The molecule has 0 unspecified atom stereocenters. The van der Waals surface area contributed by atoms with E-state index in [-0.39, 0.29) is 17.1 Å². The lowest BCUT2D eigenvalue weighted by Crippen LogP contribution is -2.38. The number of rotatable bonds is 7. The van der Waals surface area contributed by atoms with Crippen LogP contribution in [0.4, 0.5) is 23.9 Å². The molecular formula is C30H26F3N7O2S. The molecule has 2 aliphatic rings. The molecule has 6 rings (SSSR count). The number of nitrogens with zero attached hydrogens (tertiary/aromatic N) is 5. The molecule has 2 N–H and O–H groups in total. The van der Waals surface area contributed by atoms with E-state index in [1.807, 2.05) is 24.3 Å². The van der Waals surface area contributed by atoms with E-state index in [1.54, 1.807) is 36.8 Å². The van der Waals surface area contributed by atoms with Gasteiger partial charge >= 0.3 is 6.18 Å². The lowest BCUT2D eigenvalue weighted by Gasteiger charge is -2.32. The van der Waals surface area contributed by atoms with E-state index >= 15 is 0 Å². The van der Waals surface area contributed by atoms with Gasteiger partial charge < -0.3 is 10.2 Å². The molecule has 0 atom stereocenters. The van der Waals surface area contributed by atoms with Gasteiger partial charge in [0.25, 0.3) is 11.1 Å². The normalized spacial score (nSPS) is 17.2. The Bertz CT molecular complexity index is 1720. The summed E-state index contributed by atoms with van der Waals surface area (Å²) < 4.78 is 41.3. The van der Waals surface area contributed by atoms with Crippen LogP contribution in [0.15, 0.2) is 66.0 Å². The van der Waals surface area contributed by atoms with E-state index in [9.17, 15) is 22.8 Å². The first-order chi connectivity index (χ1) is 20.7. The van der Waals surface area contributed by atoms with Crippen LogP contribution in [0.1, 0.15) is 29.8 Å². The van der Waals surface area contributed by atoms with Gasteiger partial charge in [-0.15, -0.1) is 0 Å². The van der Waals surface area contributed by atoms with Crippen LogP contribution < -0.4 is 15.5 Å². The minimum Gasteiger partial charge on any atom is -0.341 e. The largest absolute Gasteiger partial charge is 0.433 e. The summed E-state index contributed by atoms with van der Waals surface area (Å²) in [6.45, 7) is 2.35. The van der Waals surface area contributed by atoms with E-state index in [4.69, 9.17) is 0 Å². The first-order valence-corrected chi connectivity index (χ1v) is 14.5. The van der Waals surface area contributed by atoms with Crippen LogP contribution in [-0.2, 0) is 17.5 Å². The highest BCUT2D eigenvalue weighted by molar-refractivity contribution is 8.18. The highest BCUT2D eigenvalue weighted by Gasteiger charge is 2.33. The van der Waals surface area contributed by atoms with Crippen LogP contribution in [-0.4, -0.2) is 50.7 Å². The summed E-state index contributed by atoms with van der Waals surface area (Å²) in [5, 5.41) is 6.78. The number of nitrogens with one attached hydrogen (secondary N) is 2. The van der Waals surface area contributed by atoms with E-state index < -0.39 is 23.0 Å². The SMILES string of the molecule is O=C1NC(=O)/C(=C\c2ccnc(N3CCC(CNCc4cc(-c5cncc6ccccc56)nc(C(F)(F)F)c4)CC3)n2)S1. The number of anilines is 1. The maximum Gasteiger partial charge on any atom is 0.433 e. The number of imide groups is 1. The maximum atomic E-state index is 13.8. The highest BCUT2D eigenvalue weighted by Crippen LogP contribution is 2.33. The van der Waals surface area contributed by atoms with Crippen LogP contribution in [0.25, 0.3) is 28.1 Å². The quantitative estimate of drug-likeness (QED) is 0.266. The van der Waals surface area contributed by atoms with Gasteiger partial charge in [-0.05, 0) is 72.3 Å². The monoisotopic (exact) mass is 605 g/mol. The van der Waals surface area contributed by atoms with Gasteiger partial charge in [-0.3, -0.25) is 19.9 Å². The molecule has 3 aromatic heterocycles. The molecule has 0 bridgehead atoms. The van der Waals surface area contributed by atoms with Crippen LogP contribution in [0, 0.1) is 5.92 Å². The van der Waals surface area contributed by atoms with Crippen molar-refractivity contribution in [2.75, 3.05) is 24.5 Å². The van der Waals surface area contributed by atoms with Gasteiger partial charge in [0.15, 0.2) is 0 Å². The Morgan fingerprint density at radius 1 is 1.07 bits per heavy atom. The average Bonchev–Trinajstić information content (AvgIpc) is 3.32. The van der Waals surface area contributed by atoms with Crippen molar-refractivity contribution < 1.29 is 22.8 Å². The third kappa shape index (κ3) is 6.67. The molecule has 4 aromatic rings. The molecule has 2 fully saturated rings. The molecular weight excluding hydrogens is 579 g/mol. The molecule has 9 nitrogen and oxygen atoms in total. The Balaban J connectivity index is 1.09. The minimum absolute atomic E-state index is 0.237. The number of piperidine rings is 1. The van der Waals surface area contributed by atoms with E-state index in [1.165, 1.54) is 0 Å². The summed E-state index contributed by atoms with van der Waals surface area (Å²) >= 11 is 0.836. The second-order valence-corrected chi connectivity index (χ2v) is 11.4. The molecule has 2 aliphatic heterocycles. The standard InChI is InChI=1S/C30H26F3N7O2S/c31-30(32,33)26-12-19(11-24(38-26)23-17-35-16-20-3-1-2-4-22(20)23)15-34-14-18-6-9-40(10-7-18)28-36-8-5-21(37-28)13-25-27(41)39-29(42)43-25/h1-5,8,11-13,16-18,34H,6-7,9-10,14-15H2,(H,39,41,42)/b25-13+. The molecule has 2 saturated heterocycles. The number of benzene rings is 1. The topological polar surface area (TPSA) is 113 Å². The fraction of sp³-hybridized carbons (Fsp3) is 0.267. The van der Waals surface area contributed by atoms with E-state index in [0.717, 1.165) is 41.4 Å². The molecule has 1 aromatic carbocycles. The smallest absolute Gasteiger partial charge is 0.341 e. The van der Waals surface area contributed by atoms with Crippen molar-refractivity contribution in [3.8, 4) is 11.3 Å². The number of thioether (sulfide) groups is 1. The van der Waals surface area contributed by atoms with E-state index in [0.29, 0.717) is 48.3 Å². The zero-order chi connectivity index (χ0) is 30.0. The molecule has 0 aliphatic carbocycles. The summed E-state index contributed by atoms with van der Waals surface area (Å²) in [7, 11) is 0.